The highest BCUT2D eigenvalue weighted by Crippen LogP contribution is 2.25. The highest BCUT2D eigenvalue weighted by atomic mass is 16.1. The molecule has 1 saturated heterocycles. The van der Waals surface area contributed by atoms with Crippen molar-refractivity contribution in [1.82, 2.24) is 20.2 Å². The molecule has 0 radical (unpaired) electrons. The molecule has 0 unspecified atom stereocenters. The number of aromatic nitrogens is 2. The van der Waals surface area contributed by atoms with Crippen LogP contribution >= 0.6 is 0 Å². The number of hydrogen-bond acceptors (Lipinski definition) is 4. The highest BCUT2D eigenvalue weighted by Gasteiger charge is 2.22. The van der Waals surface area contributed by atoms with Crippen molar-refractivity contribution in [2.24, 2.45) is 0 Å². The van der Waals surface area contributed by atoms with Gasteiger partial charge in [0.15, 0.2) is 0 Å². The van der Waals surface area contributed by atoms with Crippen molar-refractivity contribution in [2.45, 2.75) is 39.0 Å². The first kappa shape index (κ1) is 14.9. The average Bonchev–Trinajstić information content (AvgIpc) is 2.44. The molecule has 0 aliphatic carbocycles. The van der Waals surface area contributed by atoms with Gasteiger partial charge in [0, 0.05) is 24.7 Å². The molecule has 0 aromatic carbocycles. The van der Waals surface area contributed by atoms with E-state index < -0.39 is 0 Å². The Morgan fingerprint density at radius 2 is 2.30 bits per heavy atom. The van der Waals surface area contributed by atoms with E-state index in [1.807, 2.05) is 19.9 Å². The lowest BCUT2D eigenvalue weighted by molar-refractivity contribution is 0.0948. The summed E-state index contributed by atoms with van der Waals surface area (Å²) in [5.41, 5.74) is 1.50. The molecular weight excluding hydrogens is 252 g/mol. The topological polar surface area (TPSA) is 58.1 Å². The second-order valence-corrected chi connectivity index (χ2v) is 5.58. The number of rotatable bonds is 4. The summed E-state index contributed by atoms with van der Waals surface area (Å²) in [7, 11) is 2.13. The van der Waals surface area contributed by atoms with Crippen molar-refractivity contribution in [3.63, 3.8) is 0 Å². The normalized spacial score (nSPS) is 19.9. The maximum atomic E-state index is 12.0. The number of nitrogens with zero attached hydrogens (tertiary/aromatic N) is 3. The van der Waals surface area contributed by atoms with E-state index in [0.29, 0.717) is 24.0 Å². The standard InChI is InChI=1S/C15H24N4O/c1-4-7-16-15(20)14-9-13(17-11(2)18-14)12-6-5-8-19(3)10-12/h9,12H,4-8,10H2,1-3H3,(H,16,20)/t12-/m1/s1. The molecule has 1 fully saturated rings. The van der Waals surface area contributed by atoms with Gasteiger partial charge in [0.2, 0.25) is 0 Å². The first-order chi connectivity index (χ1) is 9.60. The van der Waals surface area contributed by atoms with Crippen LogP contribution in [-0.4, -0.2) is 47.5 Å². The Hall–Kier alpha value is -1.49. The van der Waals surface area contributed by atoms with Crippen LogP contribution in [-0.2, 0) is 0 Å². The summed E-state index contributed by atoms with van der Waals surface area (Å²) in [5.74, 6) is 0.994. The summed E-state index contributed by atoms with van der Waals surface area (Å²) in [6.07, 6.45) is 3.24. The quantitative estimate of drug-likeness (QED) is 0.910. The third-order valence-electron chi connectivity index (χ3n) is 3.67. The van der Waals surface area contributed by atoms with Gasteiger partial charge < -0.3 is 10.2 Å². The minimum atomic E-state index is -0.0947. The summed E-state index contributed by atoms with van der Waals surface area (Å²) >= 11 is 0. The lowest BCUT2D eigenvalue weighted by Gasteiger charge is -2.29. The Morgan fingerprint density at radius 3 is 3.00 bits per heavy atom. The van der Waals surface area contributed by atoms with E-state index in [-0.39, 0.29) is 5.91 Å². The van der Waals surface area contributed by atoms with Gasteiger partial charge >= 0.3 is 0 Å². The molecule has 5 heteroatoms. The zero-order chi connectivity index (χ0) is 14.5. The van der Waals surface area contributed by atoms with E-state index >= 15 is 0 Å². The van der Waals surface area contributed by atoms with Crippen molar-refractivity contribution >= 4 is 5.91 Å². The molecule has 1 aliphatic rings. The summed E-state index contributed by atoms with van der Waals surface area (Å²) < 4.78 is 0. The summed E-state index contributed by atoms with van der Waals surface area (Å²) in [5, 5.41) is 2.88. The molecule has 1 aliphatic heterocycles. The van der Waals surface area contributed by atoms with Crippen LogP contribution in [0.15, 0.2) is 6.07 Å². The number of hydrogen-bond donors (Lipinski definition) is 1. The van der Waals surface area contributed by atoms with E-state index in [0.717, 1.165) is 31.6 Å². The van der Waals surface area contributed by atoms with E-state index in [1.54, 1.807) is 0 Å². The number of carbonyl (C=O) groups is 1. The largest absolute Gasteiger partial charge is 0.351 e. The van der Waals surface area contributed by atoms with Gasteiger partial charge in [-0.3, -0.25) is 4.79 Å². The van der Waals surface area contributed by atoms with Crippen molar-refractivity contribution in [1.29, 1.82) is 0 Å². The number of piperidine rings is 1. The van der Waals surface area contributed by atoms with Crippen LogP contribution in [0.3, 0.4) is 0 Å². The minimum absolute atomic E-state index is 0.0947. The molecule has 0 spiro atoms. The third-order valence-corrected chi connectivity index (χ3v) is 3.67. The van der Waals surface area contributed by atoms with Crippen LogP contribution in [0.5, 0.6) is 0 Å². The van der Waals surface area contributed by atoms with Crippen molar-refractivity contribution < 1.29 is 4.79 Å². The average molecular weight is 276 g/mol. The van der Waals surface area contributed by atoms with Crippen LogP contribution < -0.4 is 5.32 Å². The molecule has 5 nitrogen and oxygen atoms in total. The second-order valence-electron chi connectivity index (χ2n) is 5.58. The first-order valence-corrected chi connectivity index (χ1v) is 7.42. The SMILES string of the molecule is CCCNC(=O)c1cc([C@@H]2CCCN(C)C2)nc(C)n1. The van der Waals surface area contributed by atoms with Gasteiger partial charge in [-0.15, -0.1) is 0 Å². The van der Waals surface area contributed by atoms with Crippen molar-refractivity contribution in [3.8, 4) is 0 Å². The number of amides is 1. The van der Waals surface area contributed by atoms with Gasteiger partial charge in [-0.2, -0.15) is 0 Å². The monoisotopic (exact) mass is 276 g/mol. The lowest BCUT2D eigenvalue weighted by atomic mass is 9.94. The lowest BCUT2D eigenvalue weighted by Crippen LogP contribution is -2.32. The fourth-order valence-corrected chi connectivity index (χ4v) is 2.65. The van der Waals surface area contributed by atoms with E-state index in [2.05, 4.69) is 27.2 Å². The zero-order valence-corrected chi connectivity index (χ0v) is 12.6. The van der Waals surface area contributed by atoms with Crippen LogP contribution in [0.4, 0.5) is 0 Å². The van der Waals surface area contributed by atoms with Crippen LogP contribution in [0.2, 0.25) is 0 Å². The third kappa shape index (κ3) is 3.76. The summed E-state index contributed by atoms with van der Waals surface area (Å²) in [6.45, 7) is 6.72. The number of carbonyl (C=O) groups excluding carboxylic acids is 1. The second kappa shape index (κ2) is 6.79. The van der Waals surface area contributed by atoms with Gasteiger partial charge in [0.05, 0.1) is 0 Å². The maximum Gasteiger partial charge on any atom is 0.270 e. The van der Waals surface area contributed by atoms with Gasteiger partial charge in [-0.25, -0.2) is 9.97 Å². The smallest absolute Gasteiger partial charge is 0.270 e. The Labute approximate surface area is 120 Å². The number of likely N-dealkylation sites (tertiary alicyclic amines) is 1. The van der Waals surface area contributed by atoms with Gasteiger partial charge in [-0.05, 0) is 45.8 Å². The fraction of sp³-hybridized carbons (Fsp3) is 0.667. The minimum Gasteiger partial charge on any atom is -0.351 e. The molecule has 1 amide bonds. The van der Waals surface area contributed by atoms with Crippen LogP contribution in [0.1, 0.15) is 54.1 Å². The van der Waals surface area contributed by atoms with Crippen LogP contribution in [0, 0.1) is 6.92 Å². The highest BCUT2D eigenvalue weighted by molar-refractivity contribution is 5.92. The number of likely N-dealkylation sites (N-methyl/N-ethyl adjacent to an activating group) is 1. The molecular formula is C15H24N4O. The van der Waals surface area contributed by atoms with Crippen molar-refractivity contribution in [2.75, 3.05) is 26.7 Å². The molecule has 2 heterocycles. The molecule has 20 heavy (non-hydrogen) atoms. The molecule has 0 bridgehead atoms. The molecule has 1 aromatic heterocycles. The van der Waals surface area contributed by atoms with Gasteiger partial charge in [-0.1, -0.05) is 6.92 Å². The molecule has 0 saturated carbocycles. The molecule has 1 N–H and O–H groups in total. The maximum absolute atomic E-state index is 12.0. The van der Waals surface area contributed by atoms with E-state index in [1.165, 1.54) is 6.42 Å². The summed E-state index contributed by atoms with van der Waals surface area (Å²) in [6, 6.07) is 1.86. The van der Waals surface area contributed by atoms with Gasteiger partial charge in [0.1, 0.15) is 11.5 Å². The fourth-order valence-electron chi connectivity index (χ4n) is 2.65. The molecule has 1 atom stereocenters. The van der Waals surface area contributed by atoms with Gasteiger partial charge in [0.25, 0.3) is 5.91 Å². The Bertz CT molecular complexity index is 475. The number of aryl methyl sites for hydroxylation is 1. The van der Waals surface area contributed by atoms with E-state index in [4.69, 9.17) is 0 Å². The Morgan fingerprint density at radius 1 is 1.50 bits per heavy atom. The van der Waals surface area contributed by atoms with Crippen molar-refractivity contribution in [3.05, 3.63) is 23.3 Å². The van der Waals surface area contributed by atoms with E-state index in [9.17, 15) is 4.79 Å². The molecule has 2 rings (SSSR count). The number of nitrogens with one attached hydrogen (secondary N) is 1. The predicted molar refractivity (Wildman–Crippen MR) is 78.9 cm³/mol. The zero-order valence-electron chi connectivity index (χ0n) is 12.6. The molecule has 110 valence electrons. The Kier molecular flexibility index (Phi) is 5.06. The summed E-state index contributed by atoms with van der Waals surface area (Å²) in [4.78, 5) is 23.2. The Balaban J connectivity index is 2.17. The molecule has 1 aromatic rings. The first-order valence-electron chi connectivity index (χ1n) is 7.42. The van der Waals surface area contributed by atoms with Crippen LogP contribution in [0.25, 0.3) is 0 Å². The predicted octanol–water partition coefficient (Wildman–Crippen LogP) is 1.73.